The molecule has 2 aliphatic rings. The van der Waals surface area contributed by atoms with E-state index in [2.05, 4.69) is 4.98 Å². The summed E-state index contributed by atoms with van der Waals surface area (Å²) in [6.07, 6.45) is -1.80. The number of nitrogens with one attached hydrogen (secondary N) is 1. The van der Waals surface area contributed by atoms with Crippen molar-refractivity contribution in [3.8, 4) is 0 Å². The maximum absolute atomic E-state index is 11.9. The van der Waals surface area contributed by atoms with E-state index in [1.165, 1.54) is 10.8 Å². The van der Waals surface area contributed by atoms with Crippen molar-refractivity contribution in [3.05, 3.63) is 32.6 Å². The van der Waals surface area contributed by atoms with E-state index in [4.69, 9.17) is 9.47 Å². The van der Waals surface area contributed by atoms with Crippen molar-refractivity contribution in [3.63, 3.8) is 0 Å². The van der Waals surface area contributed by atoms with Gasteiger partial charge in [0.05, 0.1) is 12.7 Å². The smallest absolute Gasteiger partial charge is 0.330 e. The van der Waals surface area contributed by atoms with Gasteiger partial charge in [-0.2, -0.15) is 0 Å². The number of rotatable bonds is 2. The molecule has 0 radical (unpaired) electrons. The molecule has 3 N–H and O–H groups in total. The lowest BCUT2D eigenvalue weighted by Gasteiger charge is -2.34. The SMILES string of the molecule is Cc1cn([C@@H]2O[C@]3(CO)[C@H](C)O[C@@H]2[C@@H]3O)c(=O)[nH]c1=O. The van der Waals surface area contributed by atoms with Crippen molar-refractivity contribution in [1.29, 1.82) is 0 Å². The number of aromatic nitrogens is 2. The van der Waals surface area contributed by atoms with E-state index in [0.717, 1.165) is 0 Å². The van der Waals surface area contributed by atoms with Crippen LogP contribution in [0.25, 0.3) is 0 Å². The Hall–Kier alpha value is -1.48. The molecule has 0 spiro atoms. The summed E-state index contributed by atoms with van der Waals surface area (Å²) in [5.74, 6) is 0. The van der Waals surface area contributed by atoms with Gasteiger partial charge < -0.3 is 19.7 Å². The van der Waals surface area contributed by atoms with Gasteiger partial charge in [0.2, 0.25) is 0 Å². The van der Waals surface area contributed by atoms with Crippen molar-refractivity contribution in [2.24, 2.45) is 0 Å². The summed E-state index contributed by atoms with van der Waals surface area (Å²) in [5.41, 5.74) is -2.01. The average molecular weight is 284 g/mol. The van der Waals surface area contributed by atoms with Crippen LogP contribution in [0.1, 0.15) is 18.7 Å². The summed E-state index contributed by atoms with van der Waals surface area (Å²) in [6.45, 7) is 2.83. The summed E-state index contributed by atoms with van der Waals surface area (Å²) >= 11 is 0. The molecule has 5 atom stereocenters. The summed E-state index contributed by atoms with van der Waals surface area (Å²) in [6, 6.07) is 0. The van der Waals surface area contributed by atoms with Crippen molar-refractivity contribution < 1.29 is 19.7 Å². The Morgan fingerprint density at radius 3 is 2.80 bits per heavy atom. The number of H-pyrrole nitrogens is 1. The summed E-state index contributed by atoms with van der Waals surface area (Å²) in [7, 11) is 0. The minimum absolute atomic E-state index is 0.344. The molecule has 1 aromatic rings. The Kier molecular flexibility index (Phi) is 2.87. The third-order valence-corrected chi connectivity index (χ3v) is 4.15. The molecule has 2 saturated heterocycles. The van der Waals surface area contributed by atoms with Crippen LogP contribution >= 0.6 is 0 Å². The largest absolute Gasteiger partial charge is 0.393 e. The fraction of sp³-hybridized carbons (Fsp3) is 0.667. The quantitative estimate of drug-likeness (QED) is 0.593. The first-order valence-electron chi connectivity index (χ1n) is 6.35. The first-order valence-corrected chi connectivity index (χ1v) is 6.35. The standard InChI is InChI=1S/C12H16N2O6/c1-5-3-14(11(18)13-9(5)17)10-7-8(16)12(4-15,20-10)6(2)19-7/h3,6-8,10,15-16H,4H2,1-2H3,(H,13,17,18)/t6-,7+,8-,10+,12+/m0/s1. The minimum atomic E-state index is -1.24. The zero-order chi connectivity index (χ0) is 14.7. The predicted molar refractivity (Wildman–Crippen MR) is 66.3 cm³/mol. The topological polar surface area (TPSA) is 114 Å². The number of aliphatic hydroxyl groups is 2. The van der Waals surface area contributed by atoms with Gasteiger partial charge in [-0.25, -0.2) is 4.79 Å². The molecular formula is C12H16N2O6. The second kappa shape index (κ2) is 4.26. The van der Waals surface area contributed by atoms with Gasteiger partial charge in [0.15, 0.2) is 6.23 Å². The van der Waals surface area contributed by atoms with E-state index < -0.39 is 48.0 Å². The van der Waals surface area contributed by atoms with E-state index in [0.29, 0.717) is 5.56 Å². The summed E-state index contributed by atoms with van der Waals surface area (Å²) < 4.78 is 12.4. The van der Waals surface area contributed by atoms with Crippen LogP contribution in [0.3, 0.4) is 0 Å². The van der Waals surface area contributed by atoms with Crippen LogP contribution < -0.4 is 11.2 Å². The zero-order valence-electron chi connectivity index (χ0n) is 11.1. The molecule has 2 aliphatic heterocycles. The van der Waals surface area contributed by atoms with Crippen molar-refractivity contribution >= 4 is 0 Å². The number of aliphatic hydroxyl groups excluding tert-OH is 2. The number of fused-ring (bicyclic) bond motifs is 2. The van der Waals surface area contributed by atoms with Crippen LogP contribution in [-0.2, 0) is 9.47 Å². The number of ether oxygens (including phenoxy) is 2. The van der Waals surface area contributed by atoms with Gasteiger partial charge in [0.1, 0.15) is 17.8 Å². The molecule has 2 bridgehead atoms. The monoisotopic (exact) mass is 284 g/mol. The van der Waals surface area contributed by atoms with Crippen LogP contribution in [-0.4, -0.2) is 50.3 Å². The van der Waals surface area contributed by atoms with Crippen LogP contribution in [0.5, 0.6) is 0 Å². The van der Waals surface area contributed by atoms with E-state index in [-0.39, 0.29) is 0 Å². The van der Waals surface area contributed by atoms with Crippen LogP contribution in [0.15, 0.2) is 15.8 Å². The van der Waals surface area contributed by atoms with Crippen molar-refractivity contribution in [2.45, 2.75) is 44.0 Å². The third kappa shape index (κ3) is 1.56. The van der Waals surface area contributed by atoms with Gasteiger partial charge in [-0.15, -0.1) is 0 Å². The van der Waals surface area contributed by atoms with E-state index >= 15 is 0 Å². The van der Waals surface area contributed by atoms with Crippen LogP contribution in [0, 0.1) is 6.92 Å². The van der Waals surface area contributed by atoms with Gasteiger partial charge >= 0.3 is 5.69 Å². The Morgan fingerprint density at radius 1 is 1.50 bits per heavy atom. The van der Waals surface area contributed by atoms with Gasteiger partial charge in [-0.3, -0.25) is 14.3 Å². The fourth-order valence-corrected chi connectivity index (χ4v) is 2.87. The lowest BCUT2D eigenvalue weighted by atomic mass is 9.95. The molecule has 0 aliphatic carbocycles. The molecule has 20 heavy (non-hydrogen) atoms. The second-order valence-corrected chi connectivity index (χ2v) is 5.29. The first kappa shape index (κ1) is 13.5. The van der Waals surface area contributed by atoms with Crippen molar-refractivity contribution in [1.82, 2.24) is 9.55 Å². The van der Waals surface area contributed by atoms with Gasteiger partial charge in [-0.05, 0) is 13.8 Å². The molecule has 0 amide bonds. The fourth-order valence-electron chi connectivity index (χ4n) is 2.87. The zero-order valence-corrected chi connectivity index (χ0v) is 11.1. The number of aromatic amines is 1. The highest BCUT2D eigenvalue weighted by Gasteiger charge is 2.65. The highest BCUT2D eigenvalue weighted by molar-refractivity contribution is 5.12. The Morgan fingerprint density at radius 2 is 2.20 bits per heavy atom. The maximum atomic E-state index is 11.9. The number of nitrogens with zero attached hydrogens (tertiary/aromatic N) is 1. The predicted octanol–water partition coefficient (Wildman–Crippen LogP) is -1.75. The Bertz CT molecular complexity index is 652. The molecule has 1 aromatic heterocycles. The number of hydrogen-bond donors (Lipinski definition) is 3. The molecule has 3 rings (SSSR count). The summed E-state index contributed by atoms with van der Waals surface area (Å²) in [5, 5.41) is 19.7. The van der Waals surface area contributed by atoms with Gasteiger partial charge in [-0.1, -0.05) is 0 Å². The summed E-state index contributed by atoms with van der Waals surface area (Å²) in [4.78, 5) is 25.4. The Labute approximate surface area is 113 Å². The molecule has 8 nitrogen and oxygen atoms in total. The number of hydrogen-bond acceptors (Lipinski definition) is 6. The molecule has 8 heteroatoms. The van der Waals surface area contributed by atoms with Gasteiger partial charge in [0, 0.05) is 11.8 Å². The molecule has 3 heterocycles. The van der Waals surface area contributed by atoms with Crippen LogP contribution in [0.2, 0.25) is 0 Å². The highest BCUT2D eigenvalue weighted by atomic mass is 16.7. The minimum Gasteiger partial charge on any atom is -0.393 e. The molecule has 2 fully saturated rings. The average Bonchev–Trinajstić information content (AvgIpc) is 2.81. The maximum Gasteiger partial charge on any atom is 0.330 e. The van der Waals surface area contributed by atoms with Gasteiger partial charge in [0.25, 0.3) is 5.56 Å². The van der Waals surface area contributed by atoms with E-state index in [1.807, 2.05) is 0 Å². The lowest BCUT2D eigenvalue weighted by Crippen LogP contribution is -2.50. The molecule has 110 valence electrons. The van der Waals surface area contributed by atoms with E-state index in [1.54, 1.807) is 13.8 Å². The normalized spacial score (nSPS) is 39.4. The molecule has 0 unspecified atom stereocenters. The number of aryl methyl sites for hydroxylation is 1. The Balaban J connectivity index is 2.05. The first-order chi connectivity index (χ1) is 9.40. The molecule has 0 aromatic carbocycles. The highest BCUT2D eigenvalue weighted by Crippen LogP contribution is 2.47. The molecule has 0 saturated carbocycles. The molecular weight excluding hydrogens is 268 g/mol. The van der Waals surface area contributed by atoms with Crippen molar-refractivity contribution in [2.75, 3.05) is 6.61 Å². The second-order valence-electron chi connectivity index (χ2n) is 5.29. The third-order valence-electron chi connectivity index (χ3n) is 4.15. The lowest BCUT2D eigenvalue weighted by molar-refractivity contribution is -0.218. The van der Waals surface area contributed by atoms with E-state index in [9.17, 15) is 19.8 Å². The van der Waals surface area contributed by atoms with Crippen LogP contribution in [0.4, 0.5) is 0 Å².